The summed E-state index contributed by atoms with van der Waals surface area (Å²) < 4.78 is 25.6. The fraction of sp³-hybridized carbons (Fsp3) is 0.455. The van der Waals surface area contributed by atoms with E-state index in [4.69, 9.17) is 5.73 Å². The van der Waals surface area contributed by atoms with Crippen LogP contribution < -0.4 is 5.73 Å². The number of aliphatic hydroxyl groups is 1. The number of nitrogens with zero attached hydrogens (tertiary/aromatic N) is 1. The van der Waals surface area contributed by atoms with Crippen LogP contribution in [0.1, 0.15) is 12.5 Å². The molecule has 2 rings (SSSR count). The lowest BCUT2D eigenvalue weighted by Gasteiger charge is -2.42. The van der Waals surface area contributed by atoms with Gasteiger partial charge in [0.15, 0.2) is 0 Å². The fourth-order valence-electron chi connectivity index (χ4n) is 1.96. The van der Waals surface area contributed by atoms with Crippen LogP contribution in [-0.4, -0.2) is 36.5 Å². The molecular weight excluding hydrogens is 240 g/mol. The third kappa shape index (κ3) is 2.29. The Morgan fingerprint density at radius 1 is 1.35 bits per heavy atom. The number of β-amino-alcohol motifs (C(OH)–C–C–N with tert-alkyl or cyclic N) is 1. The second kappa shape index (κ2) is 3.69. The second-order valence-corrected chi connectivity index (χ2v) is 6.79. The first kappa shape index (κ1) is 12.3. The summed E-state index contributed by atoms with van der Waals surface area (Å²) >= 11 is 0. The van der Waals surface area contributed by atoms with E-state index in [9.17, 15) is 13.5 Å². The molecule has 0 saturated carbocycles. The smallest absolute Gasteiger partial charge is 0.243 e. The molecule has 1 fully saturated rings. The quantitative estimate of drug-likeness (QED) is 0.747. The molecule has 0 aliphatic carbocycles. The van der Waals surface area contributed by atoms with Crippen LogP contribution in [0.4, 0.5) is 5.69 Å². The molecule has 0 bridgehead atoms. The van der Waals surface area contributed by atoms with E-state index in [1.807, 2.05) is 0 Å². The highest BCUT2D eigenvalue weighted by atomic mass is 32.2. The lowest BCUT2D eigenvalue weighted by Crippen LogP contribution is -2.61. The minimum Gasteiger partial charge on any atom is -0.399 e. The van der Waals surface area contributed by atoms with Gasteiger partial charge in [-0.3, -0.25) is 0 Å². The SMILES string of the molecule is Cc1cc(N)cc(S(=O)(=O)N2CC(C)(O)C2)c1. The maximum absolute atomic E-state index is 12.2. The third-order valence-electron chi connectivity index (χ3n) is 2.74. The summed E-state index contributed by atoms with van der Waals surface area (Å²) in [5.74, 6) is 0. The largest absolute Gasteiger partial charge is 0.399 e. The minimum atomic E-state index is -3.52. The molecule has 5 nitrogen and oxygen atoms in total. The molecule has 0 spiro atoms. The van der Waals surface area contributed by atoms with E-state index >= 15 is 0 Å². The maximum Gasteiger partial charge on any atom is 0.243 e. The number of sulfonamides is 1. The molecule has 0 atom stereocenters. The average Bonchev–Trinajstić information content (AvgIpc) is 2.12. The van der Waals surface area contributed by atoms with Crippen LogP contribution in [0, 0.1) is 6.92 Å². The highest BCUT2D eigenvalue weighted by Crippen LogP contribution is 2.28. The second-order valence-electron chi connectivity index (χ2n) is 4.85. The van der Waals surface area contributed by atoms with E-state index in [2.05, 4.69) is 0 Å². The summed E-state index contributed by atoms with van der Waals surface area (Å²) in [6.45, 7) is 3.66. The monoisotopic (exact) mass is 256 g/mol. The maximum atomic E-state index is 12.2. The van der Waals surface area contributed by atoms with Crippen LogP contribution in [0.5, 0.6) is 0 Å². The Morgan fingerprint density at radius 2 is 1.94 bits per heavy atom. The number of benzene rings is 1. The summed E-state index contributed by atoms with van der Waals surface area (Å²) in [5.41, 5.74) is 5.95. The van der Waals surface area contributed by atoms with Gasteiger partial charge < -0.3 is 10.8 Å². The number of rotatable bonds is 2. The zero-order valence-corrected chi connectivity index (χ0v) is 10.7. The predicted octanol–water partition coefficient (Wildman–Crippen LogP) is 0.333. The summed E-state index contributed by atoms with van der Waals surface area (Å²) in [6, 6.07) is 4.74. The topological polar surface area (TPSA) is 83.6 Å². The van der Waals surface area contributed by atoms with E-state index in [1.54, 1.807) is 26.0 Å². The van der Waals surface area contributed by atoms with E-state index in [1.165, 1.54) is 10.4 Å². The fourth-order valence-corrected chi connectivity index (χ4v) is 3.77. The van der Waals surface area contributed by atoms with Crippen molar-refractivity contribution < 1.29 is 13.5 Å². The summed E-state index contributed by atoms with van der Waals surface area (Å²) in [6.07, 6.45) is 0. The Hall–Kier alpha value is -1.11. The molecule has 0 amide bonds. The Kier molecular flexibility index (Phi) is 2.68. The Bertz CT molecular complexity index is 524. The molecule has 1 aromatic carbocycles. The standard InChI is InChI=1S/C11H16N2O3S/c1-8-3-9(12)5-10(4-8)17(15,16)13-6-11(2,14)7-13/h3-5,14H,6-7,12H2,1-2H3. The van der Waals surface area contributed by atoms with Gasteiger partial charge in [-0.05, 0) is 37.6 Å². The van der Waals surface area contributed by atoms with Crippen LogP contribution in [-0.2, 0) is 10.0 Å². The normalized spacial score (nSPS) is 19.9. The number of hydrogen-bond donors (Lipinski definition) is 2. The van der Waals surface area contributed by atoms with Gasteiger partial charge in [-0.25, -0.2) is 8.42 Å². The van der Waals surface area contributed by atoms with Gasteiger partial charge in [-0.2, -0.15) is 4.31 Å². The zero-order chi connectivity index (χ0) is 12.8. The Morgan fingerprint density at radius 3 is 2.41 bits per heavy atom. The van der Waals surface area contributed by atoms with Crippen LogP contribution in [0.15, 0.2) is 23.1 Å². The number of nitrogen functional groups attached to an aromatic ring is 1. The molecule has 1 aromatic rings. The molecule has 1 saturated heterocycles. The van der Waals surface area contributed by atoms with Gasteiger partial charge in [-0.15, -0.1) is 0 Å². The average molecular weight is 256 g/mol. The molecule has 1 aliphatic heterocycles. The van der Waals surface area contributed by atoms with Crippen molar-refractivity contribution in [2.24, 2.45) is 0 Å². The number of nitrogens with two attached hydrogens (primary N) is 1. The summed E-state index contributed by atoms with van der Waals surface area (Å²) in [7, 11) is -3.52. The Labute approximate surface area is 101 Å². The van der Waals surface area contributed by atoms with E-state index in [-0.39, 0.29) is 18.0 Å². The van der Waals surface area contributed by atoms with Gasteiger partial charge in [-0.1, -0.05) is 0 Å². The zero-order valence-electron chi connectivity index (χ0n) is 9.84. The summed E-state index contributed by atoms with van der Waals surface area (Å²) in [5, 5.41) is 9.57. The van der Waals surface area contributed by atoms with Crippen molar-refractivity contribution >= 4 is 15.7 Å². The van der Waals surface area contributed by atoms with Gasteiger partial charge in [0.2, 0.25) is 10.0 Å². The highest BCUT2D eigenvalue weighted by molar-refractivity contribution is 7.89. The first-order valence-electron chi connectivity index (χ1n) is 5.30. The number of hydrogen-bond acceptors (Lipinski definition) is 4. The van der Waals surface area contributed by atoms with Crippen molar-refractivity contribution in [1.82, 2.24) is 4.31 Å². The van der Waals surface area contributed by atoms with Crippen molar-refractivity contribution in [3.63, 3.8) is 0 Å². The van der Waals surface area contributed by atoms with Crippen molar-refractivity contribution in [3.8, 4) is 0 Å². The van der Waals surface area contributed by atoms with Gasteiger partial charge in [0.25, 0.3) is 0 Å². The molecule has 0 radical (unpaired) electrons. The predicted molar refractivity (Wildman–Crippen MR) is 65.0 cm³/mol. The first-order valence-corrected chi connectivity index (χ1v) is 6.74. The first-order chi connectivity index (χ1) is 7.71. The van der Waals surface area contributed by atoms with Crippen molar-refractivity contribution in [2.45, 2.75) is 24.3 Å². The number of aryl methyl sites for hydroxylation is 1. The molecular formula is C11H16N2O3S. The van der Waals surface area contributed by atoms with E-state index in [0.717, 1.165) is 5.56 Å². The van der Waals surface area contributed by atoms with Crippen molar-refractivity contribution in [1.29, 1.82) is 0 Å². The van der Waals surface area contributed by atoms with Crippen molar-refractivity contribution in [3.05, 3.63) is 23.8 Å². The van der Waals surface area contributed by atoms with Crippen molar-refractivity contribution in [2.75, 3.05) is 18.8 Å². The molecule has 0 aromatic heterocycles. The van der Waals surface area contributed by atoms with Gasteiger partial charge in [0.1, 0.15) is 0 Å². The van der Waals surface area contributed by atoms with Gasteiger partial charge in [0.05, 0.1) is 10.5 Å². The molecule has 1 aliphatic rings. The molecule has 3 N–H and O–H groups in total. The third-order valence-corrected chi connectivity index (χ3v) is 4.51. The molecule has 6 heteroatoms. The minimum absolute atomic E-state index is 0.128. The van der Waals surface area contributed by atoms with Crippen LogP contribution in [0.25, 0.3) is 0 Å². The van der Waals surface area contributed by atoms with Crippen LogP contribution in [0.2, 0.25) is 0 Å². The Balaban J connectivity index is 2.33. The lowest BCUT2D eigenvalue weighted by atomic mass is 10.0. The number of anilines is 1. The lowest BCUT2D eigenvalue weighted by molar-refractivity contribution is -0.0426. The van der Waals surface area contributed by atoms with Crippen LogP contribution >= 0.6 is 0 Å². The van der Waals surface area contributed by atoms with Crippen LogP contribution in [0.3, 0.4) is 0 Å². The highest BCUT2D eigenvalue weighted by Gasteiger charge is 2.43. The van der Waals surface area contributed by atoms with E-state index in [0.29, 0.717) is 5.69 Å². The summed E-state index contributed by atoms with van der Waals surface area (Å²) in [4.78, 5) is 0.186. The van der Waals surface area contributed by atoms with E-state index < -0.39 is 15.6 Å². The van der Waals surface area contributed by atoms with Gasteiger partial charge >= 0.3 is 0 Å². The molecule has 94 valence electrons. The molecule has 1 heterocycles. The van der Waals surface area contributed by atoms with Gasteiger partial charge in [0, 0.05) is 18.8 Å². The molecule has 17 heavy (non-hydrogen) atoms. The molecule has 0 unspecified atom stereocenters.